The van der Waals surface area contributed by atoms with Gasteiger partial charge in [0.2, 0.25) is 0 Å². The highest BCUT2D eigenvalue weighted by Gasteiger charge is 2.21. The third-order valence-corrected chi connectivity index (χ3v) is 4.45. The van der Waals surface area contributed by atoms with Gasteiger partial charge in [-0.3, -0.25) is 14.4 Å². The number of aryl methyl sites for hydroxylation is 2. The summed E-state index contributed by atoms with van der Waals surface area (Å²) < 4.78 is 0. The van der Waals surface area contributed by atoms with Crippen molar-refractivity contribution in [2.45, 2.75) is 52.4 Å². The van der Waals surface area contributed by atoms with Gasteiger partial charge >= 0.3 is 5.97 Å². The Hall–Kier alpha value is -2.11. The molecule has 0 fully saturated rings. The molecule has 1 aliphatic rings. The number of carboxylic acid groups (broad SMARTS) is 1. The van der Waals surface area contributed by atoms with Crippen molar-refractivity contribution in [2.24, 2.45) is 11.8 Å². The van der Waals surface area contributed by atoms with Gasteiger partial charge in [0.25, 0.3) is 11.5 Å². The van der Waals surface area contributed by atoms with Crippen molar-refractivity contribution in [3.8, 4) is 0 Å². The predicted octanol–water partition coefficient (Wildman–Crippen LogP) is 2.12. The molecule has 0 bridgehead atoms. The molecule has 3 N–H and O–H groups in total. The van der Waals surface area contributed by atoms with E-state index in [9.17, 15) is 19.5 Å². The van der Waals surface area contributed by atoms with Gasteiger partial charge in [-0.1, -0.05) is 20.3 Å². The summed E-state index contributed by atoms with van der Waals surface area (Å²) in [5.74, 6) is -1.86. The third-order valence-electron chi connectivity index (χ3n) is 4.45. The van der Waals surface area contributed by atoms with Crippen LogP contribution in [0.15, 0.2) is 10.9 Å². The van der Waals surface area contributed by atoms with E-state index in [2.05, 4.69) is 10.3 Å². The average Bonchev–Trinajstić information content (AvgIpc) is 2.74. The van der Waals surface area contributed by atoms with Crippen molar-refractivity contribution >= 4 is 11.9 Å². The molecule has 1 aromatic heterocycles. The summed E-state index contributed by atoms with van der Waals surface area (Å²) in [6, 6.07) is 1.67. The molecule has 1 aromatic rings. The van der Waals surface area contributed by atoms with Crippen molar-refractivity contribution in [3.63, 3.8) is 0 Å². The zero-order valence-corrected chi connectivity index (χ0v) is 14.4. The van der Waals surface area contributed by atoms with Crippen molar-refractivity contribution < 1.29 is 14.7 Å². The number of H-pyrrole nitrogens is 1. The Balaban J connectivity index is 2.10. The smallest absolute Gasteiger partial charge is 0.308 e. The molecule has 1 unspecified atom stereocenters. The molecule has 1 amide bonds. The van der Waals surface area contributed by atoms with E-state index in [1.807, 2.05) is 13.8 Å². The number of aromatic nitrogens is 1. The Morgan fingerprint density at radius 3 is 2.62 bits per heavy atom. The lowest BCUT2D eigenvalue weighted by atomic mass is 9.97. The summed E-state index contributed by atoms with van der Waals surface area (Å²) in [6.07, 6.45) is 5.39. The number of amides is 1. The van der Waals surface area contributed by atoms with Gasteiger partial charge in [0.1, 0.15) is 5.56 Å². The van der Waals surface area contributed by atoms with E-state index < -0.39 is 23.4 Å². The zero-order chi connectivity index (χ0) is 17.7. The highest BCUT2D eigenvalue weighted by molar-refractivity contribution is 5.94. The van der Waals surface area contributed by atoms with Crippen LogP contribution in [0.2, 0.25) is 0 Å². The fourth-order valence-corrected chi connectivity index (χ4v) is 3.17. The summed E-state index contributed by atoms with van der Waals surface area (Å²) in [5, 5.41) is 11.8. The number of pyridine rings is 1. The number of hydrogen-bond acceptors (Lipinski definition) is 3. The monoisotopic (exact) mass is 334 g/mol. The minimum Gasteiger partial charge on any atom is -0.481 e. The lowest BCUT2D eigenvalue weighted by Crippen LogP contribution is -2.36. The molecule has 132 valence electrons. The summed E-state index contributed by atoms with van der Waals surface area (Å²) in [6.45, 7) is 3.91. The standard InChI is InChI=1S/C18H26N2O4/c1-11(2)8-13(18(23)24)10-19-16(21)14-9-12-6-4-3-5-7-15(12)20-17(14)22/h9,11,13H,3-8,10H2,1-2H3,(H,19,21)(H,20,22)(H,23,24). The molecule has 2 rings (SSSR count). The molecular weight excluding hydrogens is 308 g/mol. The minimum absolute atomic E-state index is 0.0306. The molecule has 0 aromatic carbocycles. The number of hydrogen-bond donors (Lipinski definition) is 3. The van der Waals surface area contributed by atoms with E-state index in [1.54, 1.807) is 6.07 Å². The molecule has 24 heavy (non-hydrogen) atoms. The Morgan fingerprint density at radius 1 is 1.25 bits per heavy atom. The second-order valence-corrected chi connectivity index (χ2v) is 6.95. The average molecular weight is 334 g/mol. The van der Waals surface area contributed by atoms with Gasteiger partial charge < -0.3 is 15.4 Å². The first-order valence-electron chi connectivity index (χ1n) is 8.64. The van der Waals surface area contributed by atoms with Crippen LogP contribution in [0.1, 0.15) is 61.1 Å². The number of aliphatic carboxylic acids is 1. The van der Waals surface area contributed by atoms with Gasteiger partial charge in [-0.25, -0.2) is 0 Å². The number of fused-ring (bicyclic) bond motifs is 1. The number of carboxylic acids is 1. The van der Waals surface area contributed by atoms with E-state index in [4.69, 9.17) is 0 Å². The molecular formula is C18H26N2O4. The molecule has 0 spiro atoms. The molecule has 6 nitrogen and oxygen atoms in total. The second kappa shape index (κ2) is 8.13. The molecule has 1 aliphatic carbocycles. The predicted molar refractivity (Wildman–Crippen MR) is 91.2 cm³/mol. The van der Waals surface area contributed by atoms with Gasteiger partial charge in [0, 0.05) is 12.2 Å². The van der Waals surface area contributed by atoms with Crippen LogP contribution < -0.4 is 10.9 Å². The van der Waals surface area contributed by atoms with Gasteiger partial charge in [-0.05, 0) is 49.7 Å². The second-order valence-electron chi connectivity index (χ2n) is 6.95. The number of aromatic amines is 1. The lowest BCUT2D eigenvalue weighted by molar-refractivity contribution is -0.142. The van der Waals surface area contributed by atoms with E-state index in [-0.39, 0.29) is 18.0 Å². The molecule has 1 atom stereocenters. The van der Waals surface area contributed by atoms with Crippen LogP contribution in [0.25, 0.3) is 0 Å². The molecule has 0 saturated carbocycles. The Bertz CT molecular complexity index is 663. The molecule has 0 saturated heterocycles. The molecule has 0 aliphatic heterocycles. The fourth-order valence-electron chi connectivity index (χ4n) is 3.17. The summed E-state index contributed by atoms with van der Waals surface area (Å²) >= 11 is 0. The van der Waals surface area contributed by atoms with Crippen molar-refractivity contribution in [2.75, 3.05) is 6.54 Å². The first kappa shape index (κ1) is 18.2. The van der Waals surface area contributed by atoms with Crippen LogP contribution in [0, 0.1) is 11.8 Å². The number of carbonyl (C=O) groups excluding carboxylic acids is 1. The highest BCUT2D eigenvalue weighted by Crippen LogP contribution is 2.18. The summed E-state index contributed by atoms with van der Waals surface area (Å²) in [7, 11) is 0. The van der Waals surface area contributed by atoms with Crippen LogP contribution in [-0.2, 0) is 17.6 Å². The normalized spacial score (nSPS) is 15.5. The van der Waals surface area contributed by atoms with Crippen LogP contribution in [-0.4, -0.2) is 28.5 Å². The first-order chi connectivity index (χ1) is 11.4. The first-order valence-corrected chi connectivity index (χ1v) is 8.64. The molecule has 6 heteroatoms. The molecule has 1 heterocycles. The summed E-state index contributed by atoms with van der Waals surface area (Å²) in [5.41, 5.74) is 1.62. The van der Waals surface area contributed by atoms with Crippen LogP contribution in [0.3, 0.4) is 0 Å². The van der Waals surface area contributed by atoms with Crippen LogP contribution >= 0.6 is 0 Å². The van der Waals surface area contributed by atoms with Crippen molar-refractivity contribution in [1.82, 2.24) is 10.3 Å². The van der Waals surface area contributed by atoms with E-state index >= 15 is 0 Å². The largest absolute Gasteiger partial charge is 0.481 e. The van der Waals surface area contributed by atoms with Crippen LogP contribution in [0.5, 0.6) is 0 Å². The van der Waals surface area contributed by atoms with E-state index in [1.165, 1.54) is 0 Å². The van der Waals surface area contributed by atoms with Gasteiger partial charge in [-0.2, -0.15) is 0 Å². The van der Waals surface area contributed by atoms with E-state index in [0.29, 0.717) is 6.42 Å². The maximum absolute atomic E-state index is 12.3. The Morgan fingerprint density at radius 2 is 1.96 bits per heavy atom. The minimum atomic E-state index is -0.931. The van der Waals surface area contributed by atoms with Crippen molar-refractivity contribution in [1.29, 1.82) is 0 Å². The fraction of sp³-hybridized carbons (Fsp3) is 0.611. The zero-order valence-electron chi connectivity index (χ0n) is 14.4. The highest BCUT2D eigenvalue weighted by atomic mass is 16.4. The number of nitrogens with one attached hydrogen (secondary N) is 2. The lowest BCUT2D eigenvalue weighted by Gasteiger charge is -2.15. The van der Waals surface area contributed by atoms with Crippen molar-refractivity contribution in [3.05, 3.63) is 33.2 Å². The summed E-state index contributed by atoms with van der Waals surface area (Å²) in [4.78, 5) is 38.6. The Kier molecular flexibility index (Phi) is 6.17. The van der Waals surface area contributed by atoms with Gasteiger partial charge in [0.15, 0.2) is 0 Å². The topological polar surface area (TPSA) is 99.3 Å². The SMILES string of the molecule is CC(C)CC(CNC(=O)c1cc2c([nH]c1=O)CCCCC2)C(=O)O. The van der Waals surface area contributed by atoms with Gasteiger partial charge in [-0.15, -0.1) is 0 Å². The Labute approximate surface area is 141 Å². The van der Waals surface area contributed by atoms with Gasteiger partial charge in [0.05, 0.1) is 5.92 Å². The van der Waals surface area contributed by atoms with E-state index in [0.717, 1.165) is 43.4 Å². The molecule has 0 radical (unpaired) electrons. The van der Waals surface area contributed by atoms with Crippen LogP contribution in [0.4, 0.5) is 0 Å². The number of carbonyl (C=O) groups is 2. The maximum Gasteiger partial charge on any atom is 0.308 e. The maximum atomic E-state index is 12.3. The quantitative estimate of drug-likeness (QED) is 0.694. The third kappa shape index (κ3) is 4.69. The number of rotatable bonds is 6.